The normalized spacial score (nSPS) is 28.9. The highest BCUT2D eigenvalue weighted by Crippen LogP contribution is 2.21. The quantitative estimate of drug-likeness (QED) is 0.657. The van der Waals surface area contributed by atoms with Gasteiger partial charge in [0, 0.05) is 0 Å². The number of carbonyl (C=O) groups is 1. The Hall–Kier alpha value is -0.570. The van der Waals surface area contributed by atoms with Gasteiger partial charge in [0.05, 0.1) is 7.11 Å². The molecule has 0 bridgehead atoms. The van der Waals surface area contributed by atoms with Gasteiger partial charge in [0.1, 0.15) is 6.04 Å². The topological polar surface area (TPSA) is 38.3 Å². The first-order chi connectivity index (χ1) is 6.15. The average Bonchev–Trinajstić information content (AvgIpc) is 2.17. The van der Waals surface area contributed by atoms with Crippen molar-refractivity contribution in [3.05, 3.63) is 0 Å². The predicted molar refractivity (Wildman–Crippen MR) is 51.4 cm³/mol. The van der Waals surface area contributed by atoms with Crippen molar-refractivity contribution in [2.24, 2.45) is 11.8 Å². The fourth-order valence-electron chi connectivity index (χ4n) is 1.79. The van der Waals surface area contributed by atoms with Crippen molar-refractivity contribution in [2.45, 2.75) is 32.7 Å². The van der Waals surface area contributed by atoms with Gasteiger partial charge in [0.2, 0.25) is 0 Å². The van der Waals surface area contributed by atoms with E-state index >= 15 is 0 Å². The molecule has 0 spiro atoms. The maximum absolute atomic E-state index is 11.2. The van der Waals surface area contributed by atoms with Crippen LogP contribution in [-0.4, -0.2) is 25.7 Å². The van der Waals surface area contributed by atoms with Crippen molar-refractivity contribution >= 4 is 5.97 Å². The number of piperidine rings is 1. The van der Waals surface area contributed by atoms with Gasteiger partial charge in [-0.25, -0.2) is 0 Å². The number of methoxy groups -OCH3 is 1. The molecule has 13 heavy (non-hydrogen) atoms. The van der Waals surface area contributed by atoms with Gasteiger partial charge < -0.3 is 10.1 Å². The molecule has 0 unspecified atom stereocenters. The second-order valence-electron chi connectivity index (χ2n) is 4.07. The van der Waals surface area contributed by atoms with Crippen molar-refractivity contribution in [3.8, 4) is 0 Å². The molecule has 0 aromatic carbocycles. The summed E-state index contributed by atoms with van der Waals surface area (Å²) in [5.74, 6) is 1.29. The van der Waals surface area contributed by atoms with E-state index in [2.05, 4.69) is 23.9 Å². The zero-order chi connectivity index (χ0) is 9.84. The lowest BCUT2D eigenvalue weighted by molar-refractivity contribution is -0.144. The largest absolute Gasteiger partial charge is 0.468 e. The molecule has 2 atom stereocenters. The van der Waals surface area contributed by atoms with E-state index in [1.54, 1.807) is 0 Å². The van der Waals surface area contributed by atoms with Gasteiger partial charge in [-0.05, 0) is 31.2 Å². The Morgan fingerprint density at radius 2 is 2.15 bits per heavy atom. The number of hydrogen-bond acceptors (Lipinski definition) is 3. The molecule has 1 N–H and O–H groups in total. The van der Waals surface area contributed by atoms with Crippen molar-refractivity contribution in [2.75, 3.05) is 13.7 Å². The second-order valence-corrected chi connectivity index (χ2v) is 4.07. The lowest BCUT2D eigenvalue weighted by Gasteiger charge is -2.30. The molecule has 0 aliphatic carbocycles. The van der Waals surface area contributed by atoms with Gasteiger partial charge in [0.15, 0.2) is 0 Å². The highest BCUT2D eigenvalue weighted by Gasteiger charge is 2.27. The summed E-state index contributed by atoms with van der Waals surface area (Å²) in [4.78, 5) is 11.2. The smallest absolute Gasteiger partial charge is 0.322 e. The molecule has 0 aromatic heterocycles. The summed E-state index contributed by atoms with van der Waals surface area (Å²) in [6, 6.07) is -0.0694. The molecule has 0 saturated carbocycles. The molecule has 76 valence electrons. The van der Waals surface area contributed by atoms with Crippen LogP contribution in [0.3, 0.4) is 0 Å². The summed E-state index contributed by atoms with van der Waals surface area (Å²) in [5, 5.41) is 3.23. The molecule has 1 aliphatic rings. The van der Waals surface area contributed by atoms with Crippen LogP contribution in [0.4, 0.5) is 0 Å². The Morgan fingerprint density at radius 1 is 1.46 bits per heavy atom. The van der Waals surface area contributed by atoms with Crippen LogP contribution < -0.4 is 5.32 Å². The van der Waals surface area contributed by atoms with Crippen LogP contribution in [0.2, 0.25) is 0 Å². The van der Waals surface area contributed by atoms with E-state index in [1.807, 2.05) is 0 Å². The monoisotopic (exact) mass is 185 g/mol. The minimum Gasteiger partial charge on any atom is -0.468 e. The van der Waals surface area contributed by atoms with Crippen molar-refractivity contribution in [1.82, 2.24) is 5.32 Å². The molecule has 1 heterocycles. The third kappa shape index (κ3) is 2.69. The molecular formula is C10H19NO2. The number of nitrogens with one attached hydrogen (secondary N) is 1. The summed E-state index contributed by atoms with van der Waals surface area (Å²) in [7, 11) is 1.44. The first-order valence-corrected chi connectivity index (χ1v) is 4.96. The average molecular weight is 185 g/mol. The third-order valence-electron chi connectivity index (χ3n) is 2.88. The standard InChI is InChI=1S/C10H19NO2/c1-7(2)8-4-5-9(11-6-8)10(12)13-3/h7-9,11H,4-6H2,1-3H3/t8-,9-/m1/s1. The van der Waals surface area contributed by atoms with Gasteiger partial charge in [-0.1, -0.05) is 13.8 Å². The molecule has 1 rings (SSSR count). The first kappa shape index (κ1) is 10.5. The Kier molecular flexibility index (Phi) is 3.72. The van der Waals surface area contributed by atoms with Crippen LogP contribution >= 0.6 is 0 Å². The zero-order valence-electron chi connectivity index (χ0n) is 8.67. The summed E-state index contributed by atoms with van der Waals surface area (Å²) < 4.78 is 4.68. The molecule has 3 nitrogen and oxygen atoms in total. The van der Waals surface area contributed by atoms with E-state index in [-0.39, 0.29) is 12.0 Å². The van der Waals surface area contributed by atoms with Crippen molar-refractivity contribution < 1.29 is 9.53 Å². The molecule has 1 aliphatic heterocycles. The Labute approximate surface area is 79.8 Å². The number of hydrogen-bond donors (Lipinski definition) is 1. The Morgan fingerprint density at radius 3 is 2.54 bits per heavy atom. The molecule has 0 radical (unpaired) electrons. The number of rotatable bonds is 2. The van der Waals surface area contributed by atoms with E-state index in [0.29, 0.717) is 11.8 Å². The fourth-order valence-corrected chi connectivity index (χ4v) is 1.79. The highest BCUT2D eigenvalue weighted by molar-refractivity contribution is 5.75. The lowest BCUT2D eigenvalue weighted by atomic mass is 9.86. The number of carbonyl (C=O) groups excluding carboxylic acids is 1. The van der Waals surface area contributed by atoms with E-state index in [1.165, 1.54) is 7.11 Å². The van der Waals surface area contributed by atoms with E-state index < -0.39 is 0 Å². The molecule has 3 heteroatoms. The second kappa shape index (κ2) is 4.61. The maximum Gasteiger partial charge on any atom is 0.322 e. The van der Waals surface area contributed by atoms with Crippen LogP contribution in [0.5, 0.6) is 0 Å². The number of ether oxygens (including phenoxy) is 1. The summed E-state index contributed by atoms with van der Waals surface area (Å²) in [6.07, 6.45) is 2.04. The van der Waals surface area contributed by atoms with Gasteiger partial charge in [-0.2, -0.15) is 0 Å². The lowest BCUT2D eigenvalue weighted by Crippen LogP contribution is -2.45. The van der Waals surface area contributed by atoms with Crippen LogP contribution in [0, 0.1) is 11.8 Å². The highest BCUT2D eigenvalue weighted by atomic mass is 16.5. The van der Waals surface area contributed by atoms with Crippen molar-refractivity contribution in [1.29, 1.82) is 0 Å². The SMILES string of the molecule is COC(=O)[C@H]1CC[C@@H](C(C)C)CN1. The van der Waals surface area contributed by atoms with Crippen LogP contribution in [0.25, 0.3) is 0 Å². The third-order valence-corrected chi connectivity index (χ3v) is 2.88. The number of esters is 1. The fraction of sp³-hybridized carbons (Fsp3) is 0.900. The zero-order valence-corrected chi connectivity index (χ0v) is 8.67. The Bertz CT molecular complexity index is 172. The summed E-state index contributed by atoms with van der Waals surface area (Å²) in [6.45, 7) is 5.40. The van der Waals surface area contributed by atoms with Gasteiger partial charge >= 0.3 is 5.97 Å². The molecule has 0 amide bonds. The van der Waals surface area contributed by atoms with Gasteiger partial charge in [-0.3, -0.25) is 4.79 Å². The van der Waals surface area contributed by atoms with Gasteiger partial charge in [0.25, 0.3) is 0 Å². The van der Waals surface area contributed by atoms with Crippen molar-refractivity contribution in [3.63, 3.8) is 0 Å². The molecular weight excluding hydrogens is 166 g/mol. The van der Waals surface area contributed by atoms with Crippen LogP contribution in [0.15, 0.2) is 0 Å². The van der Waals surface area contributed by atoms with E-state index in [9.17, 15) is 4.79 Å². The minimum absolute atomic E-state index is 0.0694. The molecule has 1 saturated heterocycles. The summed E-state index contributed by atoms with van der Waals surface area (Å²) in [5.41, 5.74) is 0. The van der Waals surface area contributed by atoms with Crippen LogP contribution in [0.1, 0.15) is 26.7 Å². The van der Waals surface area contributed by atoms with E-state index in [4.69, 9.17) is 0 Å². The molecule has 1 fully saturated rings. The maximum atomic E-state index is 11.2. The van der Waals surface area contributed by atoms with Gasteiger partial charge in [-0.15, -0.1) is 0 Å². The minimum atomic E-state index is -0.123. The summed E-state index contributed by atoms with van der Waals surface area (Å²) >= 11 is 0. The predicted octanol–water partition coefficient (Wildman–Crippen LogP) is 1.18. The molecule has 0 aromatic rings. The first-order valence-electron chi connectivity index (χ1n) is 4.96. The van der Waals surface area contributed by atoms with Crippen LogP contribution in [-0.2, 0) is 9.53 Å². The Balaban J connectivity index is 2.34. The van der Waals surface area contributed by atoms with E-state index in [0.717, 1.165) is 19.4 Å².